The molecule has 0 bridgehead atoms. The first kappa shape index (κ1) is 16.5. The molecule has 0 N–H and O–H groups in total. The molecule has 0 fully saturated rings. The highest BCUT2D eigenvalue weighted by molar-refractivity contribution is 5.85. The Kier molecular flexibility index (Phi) is 8.28. The van der Waals surface area contributed by atoms with Crippen molar-refractivity contribution in [2.45, 2.75) is 52.6 Å². The SMILES string of the molecule is CC(C)N(CCCc1ccccc1)C(C)C.Cl. The molecule has 1 aromatic rings. The Morgan fingerprint density at radius 1 is 0.941 bits per heavy atom. The predicted octanol–water partition coefficient (Wildman–Crippen LogP) is 4.16. The lowest BCUT2D eigenvalue weighted by Crippen LogP contribution is -2.37. The second-order valence-corrected chi connectivity index (χ2v) is 5.01. The topological polar surface area (TPSA) is 3.24 Å². The number of nitrogens with zero attached hydrogens (tertiary/aromatic N) is 1. The Bertz CT molecular complexity index is 274. The van der Waals surface area contributed by atoms with Gasteiger partial charge in [0, 0.05) is 12.1 Å². The quantitative estimate of drug-likeness (QED) is 0.738. The van der Waals surface area contributed by atoms with Crippen LogP contribution in [0.15, 0.2) is 30.3 Å². The second kappa shape index (κ2) is 8.54. The molecule has 2 heteroatoms. The van der Waals surface area contributed by atoms with Crippen molar-refractivity contribution in [1.82, 2.24) is 4.90 Å². The number of benzene rings is 1. The zero-order valence-corrected chi connectivity index (χ0v) is 12.3. The van der Waals surface area contributed by atoms with Crippen LogP contribution in [0.1, 0.15) is 39.7 Å². The fraction of sp³-hybridized carbons (Fsp3) is 0.600. The molecule has 0 aliphatic heterocycles. The van der Waals surface area contributed by atoms with Gasteiger partial charge in [-0.3, -0.25) is 4.90 Å². The lowest BCUT2D eigenvalue weighted by Gasteiger charge is -2.30. The number of rotatable bonds is 6. The highest BCUT2D eigenvalue weighted by Crippen LogP contribution is 2.08. The van der Waals surface area contributed by atoms with E-state index in [2.05, 4.69) is 62.9 Å². The molecule has 0 heterocycles. The maximum atomic E-state index is 2.56. The van der Waals surface area contributed by atoms with Gasteiger partial charge >= 0.3 is 0 Å². The van der Waals surface area contributed by atoms with Crippen molar-refractivity contribution in [3.63, 3.8) is 0 Å². The van der Waals surface area contributed by atoms with Gasteiger partial charge < -0.3 is 0 Å². The molecule has 17 heavy (non-hydrogen) atoms. The third-order valence-electron chi connectivity index (χ3n) is 3.05. The van der Waals surface area contributed by atoms with E-state index in [-0.39, 0.29) is 12.4 Å². The highest BCUT2D eigenvalue weighted by Gasteiger charge is 2.12. The summed E-state index contributed by atoms with van der Waals surface area (Å²) in [7, 11) is 0. The minimum absolute atomic E-state index is 0. The summed E-state index contributed by atoms with van der Waals surface area (Å²) in [6.45, 7) is 10.3. The van der Waals surface area contributed by atoms with Gasteiger partial charge in [0.05, 0.1) is 0 Å². The smallest absolute Gasteiger partial charge is 0.00412 e. The van der Waals surface area contributed by atoms with Crippen LogP contribution >= 0.6 is 12.4 Å². The van der Waals surface area contributed by atoms with Crippen molar-refractivity contribution in [2.24, 2.45) is 0 Å². The van der Waals surface area contributed by atoms with Crippen molar-refractivity contribution in [3.8, 4) is 0 Å². The van der Waals surface area contributed by atoms with Crippen LogP contribution in [-0.4, -0.2) is 23.5 Å². The minimum atomic E-state index is 0. The standard InChI is InChI=1S/C15H25N.ClH/c1-13(2)16(14(3)4)12-8-11-15-9-6-5-7-10-15;/h5-7,9-10,13-14H,8,11-12H2,1-4H3;1H. The molecular formula is C15H26ClN. The van der Waals surface area contributed by atoms with Crippen LogP contribution in [-0.2, 0) is 6.42 Å². The largest absolute Gasteiger partial charge is 0.299 e. The molecular weight excluding hydrogens is 230 g/mol. The van der Waals surface area contributed by atoms with Crippen molar-refractivity contribution in [3.05, 3.63) is 35.9 Å². The van der Waals surface area contributed by atoms with E-state index in [4.69, 9.17) is 0 Å². The van der Waals surface area contributed by atoms with E-state index in [1.807, 2.05) is 0 Å². The first-order valence-electron chi connectivity index (χ1n) is 6.41. The minimum Gasteiger partial charge on any atom is -0.299 e. The molecule has 0 radical (unpaired) electrons. The van der Waals surface area contributed by atoms with Crippen LogP contribution in [0.3, 0.4) is 0 Å². The predicted molar refractivity (Wildman–Crippen MR) is 79.0 cm³/mol. The molecule has 0 spiro atoms. The van der Waals surface area contributed by atoms with E-state index >= 15 is 0 Å². The summed E-state index contributed by atoms with van der Waals surface area (Å²) in [5.41, 5.74) is 1.45. The number of hydrogen-bond acceptors (Lipinski definition) is 1. The van der Waals surface area contributed by atoms with Crippen LogP contribution < -0.4 is 0 Å². The molecule has 0 aliphatic carbocycles. The highest BCUT2D eigenvalue weighted by atomic mass is 35.5. The van der Waals surface area contributed by atoms with E-state index in [0.29, 0.717) is 12.1 Å². The van der Waals surface area contributed by atoms with Gasteiger partial charge in [0.1, 0.15) is 0 Å². The molecule has 1 nitrogen and oxygen atoms in total. The molecule has 0 amide bonds. The molecule has 0 saturated carbocycles. The van der Waals surface area contributed by atoms with Crippen LogP contribution in [0, 0.1) is 0 Å². The van der Waals surface area contributed by atoms with Gasteiger partial charge in [-0.1, -0.05) is 30.3 Å². The van der Waals surface area contributed by atoms with Crippen LogP contribution in [0.4, 0.5) is 0 Å². The molecule has 98 valence electrons. The van der Waals surface area contributed by atoms with Gasteiger partial charge in [0.25, 0.3) is 0 Å². The maximum Gasteiger partial charge on any atom is 0.00412 e. The molecule has 1 rings (SSSR count). The molecule has 0 unspecified atom stereocenters. The maximum absolute atomic E-state index is 2.56. The zero-order chi connectivity index (χ0) is 12.0. The van der Waals surface area contributed by atoms with Gasteiger partial charge in [-0.25, -0.2) is 0 Å². The number of halogens is 1. The fourth-order valence-electron chi connectivity index (χ4n) is 2.22. The van der Waals surface area contributed by atoms with E-state index < -0.39 is 0 Å². The fourth-order valence-corrected chi connectivity index (χ4v) is 2.22. The van der Waals surface area contributed by atoms with E-state index in [1.54, 1.807) is 0 Å². The summed E-state index contributed by atoms with van der Waals surface area (Å²) in [5.74, 6) is 0. The van der Waals surface area contributed by atoms with Crippen molar-refractivity contribution in [1.29, 1.82) is 0 Å². The zero-order valence-electron chi connectivity index (χ0n) is 11.5. The van der Waals surface area contributed by atoms with Crippen molar-refractivity contribution < 1.29 is 0 Å². The van der Waals surface area contributed by atoms with Gasteiger partial charge in [-0.05, 0) is 52.6 Å². The molecule has 0 saturated heterocycles. The third-order valence-corrected chi connectivity index (χ3v) is 3.05. The van der Waals surface area contributed by atoms with E-state index in [0.717, 1.165) is 0 Å². The first-order valence-corrected chi connectivity index (χ1v) is 6.41. The summed E-state index contributed by atoms with van der Waals surface area (Å²) in [4.78, 5) is 2.56. The second-order valence-electron chi connectivity index (χ2n) is 5.01. The normalized spacial score (nSPS) is 11.0. The summed E-state index contributed by atoms with van der Waals surface area (Å²) in [6, 6.07) is 12.1. The Labute approximate surface area is 113 Å². The Morgan fingerprint density at radius 2 is 1.47 bits per heavy atom. The van der Waals surface area contributed by atoms with Crippen LogP contribution in [0.5, 0.6) is 0 Å². The monoisotopic (exact) mass is 255 g/mol. The Hall–Kier alpha value is -0.530. The van der Waals surface area contributed by atoms with Gasteiger partial charge in [-0.15, -0.1) is 12.4 Å². The average Bonchev–Trinajstić information content (AvgIpc) is 2.24. The Balaban J connectivity index is 0.00000256. The molecule has 0 aromatic heterocycles. The number of hydrogen-bond donors (Lipinski definition) is 0. The lowest BCUT2D eigenvalue weighted by molar-refractivity contribution is 0.173. The summed E-state index contributed by atoms with van der Waals surface area (Å²) in [6.07, 6.45) is 2.44. The molecule has 0 aliphatic rings. The van der Waals surface area contributed by atoms with Gasteiger partial charge in [-0.2, -0.15) is 0 Å². The molecule has 0 atom stereocenters. The average molecular weight is 256 g/mol. The molecule has 1 aromatic carbocycles. The summed E-state index contributed by atoms with van der Waals surface area (Å²) >= 11 is 0. The van der Waals surface area contributed by atoms with Crippen molar-refractivity contribution in [2.75, 3.05) is 6.54 Å². The van der Waals surface area contributed by atoms with Gasteiger partial charge in [0.2, 0.25) is 0 Å². The van der Waals surface area contributed by atoms with Crippen LogP contribution in [0.2, 0.25) is 0 Å². The van der Waals surface area contributed by atoms with E-state index in [1.165, 1.54) is 24.9 Å². The Morgan fingerprint density at radius 3 is 1.94 bits per heavy atom. The summed E-state index contributed by atoms with van der Waals surface area (Å²) < 4.78 is 0. The van der Waals surface area contributed by atoms with Gasteiger partial charge in [0.15, 0.2) is 0 Å². The lowest BCUT2D eigenvalue weighted by atomic mass is 10.1. The first-order chi connectivity index (χ1) is 7.61. The number of aryl methyl sites for hydroxylation is 1. The summed E-state index contributed by atoms with van der Waals surface area (Å²) in [5, 5.41) is 0. The van der Waals surface area contributed by atoms with E-state index in [9.17, 15) is 0 Å². The van der Waals surface area contributed by atoms with Crippen LogP contribution in [0.25, 0.3) is 0 Å². The van der Waals surface area contributed by atoms with Crippen molar-refractivity contribution >= 4 is 12.4 Å². The third kappa shape index (κ3) is 6.09.